The quantitative estimate of drug-likeness (QED) is 0.717. The van der Waals surface area contributed by atoms with Crippen LogP contribution in [0.5, 0.6) is 0 Å². The van der Waals surface area contributed by atoms with Crippen LogP contribution in [-0.4, -0.2) is 53.9 Å². The number of hydrogen-bond donors (Lipinski definition) is 1. The number of aliphatic hydroxyl groups is 1. The van der Waals surface area contributed by atoms with Crippen LogP contribution in [0.4, 0.5) is 0 Å². The van der Waals surface area contributed by atoms with E-state index in [-0.39, 0.29) is 18.4 Å². The smallest absolute Gasteiger partial charge is 0.340 e. The van der Waals surface area contributed by atoms with Crippen LogP contribution in [0.2, 0.25) is 0 Å². The van der Waals surface area contributed by atoms with Gasteiger partial charge in [0.15, 0.2) is 0 Å². The standard InChI is InChI=1S/C21H29NO6/c1-7-27-18(23)14(4)20(5,25)21(19(24)26-6)16(13(2)3)28-17(22-21)15-11-9-8-10-12-15/h8-14,16,25H,7H2,1-6H3/t14?,16?,20-,21+/m1/s1. The van der Waals surface area contributed by atoms with Gasteiger partial charge in [-0.25, -0.2) is 9.79 Å². The second-order valence-corrected chi connectivity index (χ2v) is 7.44. The molecule has 4 atom stereocenters. The van der Waals surface area contributed by atoms with E-state index in [1.165, 1.54) is 21.0 Å². The first-order valence-corrected chi connectivity index (χ1v) is 9.42. The van der Waals surface area contributed by atoms with Crippen LogP contribution >= 0.6 is 0 Å². The molecule has 1 N–H and O–H groups in total. The topological polar surface area (TPSA) is 94.4 Å². The van der Waals surface area contributed by atoms with E-state index >= 15 is 0 Å². The monoisotopic (exact) mass is 391 g/mol. The molecule has 0 saturated carbocycles. The third-order valence-corrected chi connectivity index (χ3v) is 5.31. The van der Waals surface area contributed by atoms with Gasteiger partial charge in [-0.3, -0.25) is 4.79 Å². The Labute approximate surface area is 165 Å². The fraction of sp³-hybridized carbons (Fsp3) is 0.571. The van der Waals surface area contributed by atoms with Crippen molar-refractivity contribution in [2.24, 2.45) is 16.8 Å². The summed E-state index contributed by atoms with van der Waals surface area (Å²) < 4.78 is 16.2. The van der Waals surface area contributed by atoms with E-state index in [0.29, 0.717) is 5.56 Å². The molecule has 1 aliphatic heterocycles. The van der Waals surface area contributed by atoms with E-state index in [9.17, 15) is 14.7 Å². The van der Waals surface area contributed by atoms with Crippen LogP contribution < -0.4 is 0 Å². The average Bonchev–Trinajstić information content (AvgIpc) is 3.10. The molecule has 0 amide bonds. The summed E-state index contributed by atoms with van der Waals surface area (Å²) in [7, 11) is 1.22. The molecule has 0 saturated heterocycles. The van der Waals surface area contributed by atoms with Crippen molar-refractivity contribution in [3.8, 4) is 0 Å². The summed E-state index contributed by atoms with van der Waals surface area (Å²) in [5, 5.41) is 11.5. The molecule has 0 fully saturated rings. The van der Waals surface area contributed by atoms with Crippen molar-refractivity contribution in [3.63, 3.8) is 0 Å². The van der Waals surface area contributed by atoms with E-state index in [1.807, 2.05) is 32.0 Å². The number of methoxy groups -OCH3 is 1. The summed E-state index contributed by atoms with van der Waals surface area (Å²) in [6.07, 6.45) is -0.831. The molecular weight excluding hydrogens is 362 g/mol. The number of esters is 2. The SMILES string of the molecule is CCOC(=O)C(C)[C@@](C)(O)[C@]1(C(=O)OC)N=C(c2ccccc2)OC1C(C)C. The van der Waals surface area contributed by atoms with Crippen molar-refractivity contribution in [1.82, 2.24) is 0 Å². The number of benzene rings is 1. The van der Waals surface area contributed by atoms with Gasteiger partial charge in [-0.05, 0) is 38.8 Å². The number of aliphatic imine (C=N–C) groups is 1. The zero-order valence-electron chi connectivity index (χ0n) is 17.3. The van der Waals surface area contributed by atoms with Crippen molar-refractivity contribution in [1.29, 1.82) is 0 Å². The van der Waals surface area contributed by atoms with E-state index in [1.54, 1.807) is 19.1 Å². The molecule has 7 nitrogen and oxygen atoms in total. The highest BCUT2D eigenvalue weighted by Crippen LogP contribution is 2.45. The Morgan fingerprint density at radius 1 is 1.29 bits per heavy atom. The van der Waals surface area contributed by atoms with Crippen molar-refractivity contribution in [2.75, 3.05) is 13.7 Å². The number of carbonyl (C=O) groups is 2. The summed E-state index contributed by atoms with van der Waals surface area (Å²) in [5.41, 5.74) is -3.08. The van der Waals surface area contributed by atoms with Gasteiger partial charge in [-0.1, -0.05) is 32.0 Å². The van der Waals surface area contributed by atoms with Crippen molar-refractivity contribution in [2.45, 2.75) is 51.9 Å². The molecule has 0 spiro atoms. The number of rotatable bonds is 7. The minimum atomic E-state index is -1.92. The minimum absolute atomic E-state index is 0.160. The lowest BCUT2D eigenvalue weighted by Gasteiger charge is -2.43. The van der Waals surface area contributed by atoms with E-state index < -0.39 is 35.1 Å². The molecule has 1 aromatic rings. The van der Waals surface area contributed by atoms with Gasteiger partial charge < -0.3 is 19.3 Å². The maximum atomic E-state index is 13.0. The molecule has 2 unspecified atom stereocenters. The van der Waals surface area contributed by atoms with Gasteiger partial charge >= 0.3 is 11.9 Å². The summed E-state index contributed by atoms with van der Waals surface area (Å²) in [6, 6.07) is 9.10. The van der Waals surface area contributed by atoms with E-state index in [4.69, 9.17) is 14.2 Å². The summed E-state index contributed by atoms with van der Waals surface area (Å²) in [4.78, 5) is 30.0. The molecule has 0 aliphatic carbocycles. The lowest BCUT2D eigenvalue weighted by molar-refractivity contribution is -0.180. The first-order chi connectivity index (χ1) is 13.1. The third-order valence-electron chi connectivity index (χ3n) is 5.31. The fourth-order valence-corrected chi connectivity index (χ4v) is 3.54. The predicted octanol–water partition coefficient (Wildman–Crippen LogP) is 2.35. The highest BCUT2D eigenvalue weighted by molar-refractivity contribution is 6.00. The first kappa shape index (κ1) is 21.9. The van der Waals surface area contributed by atoms with Crippen molar-refractivity contribution >= 4 is 17.8 Å². The number of ether oxygens (including phenoxy) is 3. The molecule has 0 aromatic heterocycles. The van der Waals surface area contributed by atoms with Gasteiger partial charge in [0.05, 0.1) is 19.6 Å². The van der Waals surface area contributed by atoms with Crippen molar-refractivity contribution < 1.29 is 28.9 Å². The van der Waals surface area contributed by atoms with E-state index in [2.05, 4.69) is 4.99 Å². The number of nitrogens with zero attached hydrogens (tertiary/aromatic N) is 1. The predicted molar refractivity (Wildman–Crippen MR) is 104 cm³/mol. The van der Waals surface area contributed by atoms with Crippen LogP contribution in [0.15, 0.2) is 35.3 Å². The Balaban J connectivity index is 2.67. The average molecular weight is 391 g/mol. The molecule has 154 valence electrons. The van der Waals surface area contributed by atoms with Gasteiger partial charge in [0.1, 0.15) is 11.7 Å². The van der Waals surface area contributed by atoms with Gasteiger partial charge in [0, 0.05) is 5.56 Å². The Kier molecular flexibility index (Phi) is 6.49. The molecular formula is C21H29NO6. The van der Waals surface area contributed by atoms with Crippen molar-refractivity contribution in [3.05, 3.63) is 35.9 Å². The summed E-state index contributed by atoms with van der Waals surface area (Å²) in [5.74, 6) is -2.42. The highest BCUT2D eigenvalue weighted by Gasteiger charge is 2.67. The normalized spacial score (nSPS) is 24.7. The summed E-state index contributed by atoms with van der Waals surface area (Å²) >= 11 is 0. The maximum Gasteiger partial charge on any atom is 0.340 e. The highest BCUT2D eigenvalue weighted by atomic mass is 16.6. The zero-order chi connectivity index (χ0) is 21.1. The van der Waals surface area contributed by atoms with Crippen LogP contribution in [0.3, 0.4) is 0 Å². The van der Waals surface area contributed by atoms with Crippen LogP contribution in [0.25, 0.3) is 0 Å². The molecule has 7 heteroatoms. The van der Waals surface area contributed by atoms with Gasteiger partial charge in [-0.2, -0.15) is 0 Å². The Hall–Kier alpha value is -2.41. The molecule has 0 bridgehead atoms. The van der Waals surface area contributed by atoms with Crippen LogP contribution in [0.1, 0.15) is 40.2 Å². The Morgan fingerprint density at radius 3 is 2.39 bits per heavy atom. The summed E-state index contributed by atoms with van der Waals surface area (Å²) in [6.45, 7) is 8.47. The third kappa shape index (κ3) is 3.51. The zero-order valence-corrected chi connectivity index (χ0v) is 17.3. The molecule has 2 rings (SSSR count). The lowest BCUT2D eigenvalue weighted by atomic mass is 9.68. The maximum absolute atomic E-state index is 13.0. The Morgan fingerprint density at radius 2 is 1.89 bits per heavy atom. The molecule has 1 aromatic carbocycles. The second-order valence-electron chi connectivity index (χ2n) is 7.44. The first-order valence-electron chi connectivity index (χ1n) is 9.42. The van der Waals surface area contributed by atoms with Gasteiger partial charge in [-0.15, -0.1) is 0 Å². The van der Waals surface area contributed by atoms with Crippen LogP contribution in [0, 0.1) is 11.8 Å². The number of carbonyl (C=O) groups excluding carboxylic acids is 2. The lowest BCUT2D eigenvalue weighted by Crippen LogP contribution is -2.67. The van der Waals surface area contributed by atoms with Crippen LogP contribution in [-0.2, 0) is 23.8 Å². The molecule has 1 aliphatic rings. The molecule has 28 heavy (non-hydrogen) atoms. The van der Waals surface area contributed by atoms with Gasteiger partial charge in [0.25, 0.3) is 0 Å². The number of hydrogen-bond acceptors (Lipinski definition) is 7. The van der Waals surface area contributed by atoms with E-state index in [0.717, 1.165) is 0 Å². The van der Waals surface area contributed by atoms with Gasteiger partial charge in [0.2, 0.25) is 11.4 Å². The Bertz CT molecular complexity index is 743. The molecule has 1 heterocycles. The fourth-order valence-electron chi connectivity index (χ4n) is 3.54. The minimum Gasteiger partial charge on any atom is -0.470 e. The second kappa shape index (κ2) is 8.31. The largest absolute Gasteiger partial charge is 0.470 e. The molecule has 0 radical (unpaired) electrons.